The summed E-state index contributed by atoms with van der Waals surface area (Å²) in [4.78, 5) is 0. The van der Waals surface area contributed by atoms with Crippen LogP contribution in [0.1, 0.15) is 19.3 Å². The number of primary sulfonamides is 1. The van der Waals surface area contributed by atoms with E-state index in [-0.39, 0.29) is 5.25 Å². The van der Waals surface area contributed by atoms with Crippen molar-refractivity contribution in [3.63, 3.8) is 0 Å². The van der Waals surface area contributed by atoms with Gasteiger partial charge in [-0.3, -0.25) is 0 Å². The van der Waals surface area contributed by atoms with Crippen molar-refractivity contribution in [2.24, 2.45) is 5.14 Å². The second kappa shape index (κ2) is 2.47. The normalized spacial score (nSPS) is 34.2. The van der Waals surface area contributed by atoms with E-state index in [9.17, 15) is 8.42 Å². The summed E-state index contributed by atoms with van der Waals surface area (Å²) < 4.78 is 22.1. The molecular formula is C7H12N2O2S. The van der Waals surface area contributed by atoms with Crippen LogP contribution in [0.15, 0.2) is 11.8 Å². The maximum atomic E-state index is 11.0. The molecule has 2 aliphatic rings. The van der Waals surface area contributed by atoms with Crippen LogP contribution < -0.4 is 10.5 Å². The van der Waals surface area contributed by atoms with E-state index in [1.54, 1.807) is 0 Å². The van der Waals surface area contributed by atoms with Crippen molar-refractivity contribution >= 4 is 10.0 Å². The average molecular weight is 188 g/mol. The monoisotopic (exact) mass is 188 g/mol. The summed E-state index contributed by atoms with van der Waals surface area (Å²) in [7, 11) is -3.33. The molecule has 0 aliphatic carbocycles. The summed E-state index contributed by atoms with van der Waals surface area (Å²) in [5, 5.41) is 7.95. The molecule has 0 saturated carbocycles. The Bertz CT molecular complexity index is 320. The zero-order valence-electron chi connectivity index (χ0n) is 6.66. The minimum atomic E-state index is -3.33. The van der Waals surface area contributed by atoms with Crippen LogP contribution in [0.5, 0.6) is 0 Å². The SMILES string of the molecule is NS(=O)(=O)[C@H]1CC2=CC[C@@H](C1)N2. The van der Waals surface area contributed by atoms with Gasteiger partial charge in [0.2, 0.25) is 10.0 Å². The fraction of sp³-hybridized carbons (Fsp3) is 0.714. The molecule has 2 aliphatic heterocycles. The third kappa shape index (κ3) is 1.34. The fourth-order valence-corrected chi connectivity index (χ4v) is 2.77. The molecule has 12 heavy (non-hydrogen) atoms. The molecule has 0 aromatic rings. The van der Waals surface area contributed by atoms with Crippen molar-refractivity contribution < 1.29 is 8.42 Å². The average Bonchev–Trinajstić information content (AvgIpc) is 2.28. The highest BCUT2D eigenvalue weighted by atomic mass is 32.2. The highest BCUT2D eigenvalue weighted by Crippen LogP contribution is 2.27. The number of allylic oxidation sites excluding steroid dienone is 1. The molecule has 0 unspecified atom stereocenters. The summed E-state index contributed by atoms with van der Waals surface area (Å²) >= 11 is 0. The number of piperidine rings is 1. The Kier molecular flexibility index (Phi) is 1.66. The lowest BCUT2D eigenvalue weighted by atomic mass is 10.1. The molecule has 1 fully saturated rings. The third-order valence-electron chi connectivity index (χ3n) is 2.50. The number of nitrogens with two attached hydrogens (primary N) is 1. The summed E-state index contributed by atoms with van der Waals surface area (Å²) in [6.07, 6.45) is 4.23. The standard InChI is InChI=1S/C7H12N2O2S/c8-12(10,11)7-3-5-1-2-6(4-7)9-5/h1,6-7,9H,2-4H2,(H2,8,10,11)/t6-,7-/m0/s1. The third-order valence-corrected chi connectivity index (χ3v) is 3.79. The quantitative estimate of drug-likeness (QED) is 0.592. The van der Waals surface area contributed by atoms with Gasteiger partial charge in [0.15, 0.2) is 0 Å². The molecule has 2 atom stereocenters. The number of hydrogen-bond donors (Lipinski definition) is 2. The van der Waals surface area contributed by atoms with Crippen molar-refractivity contribution in [2.75, 3.05) is 0 Å². The Balaban J connectivity index is 2.19. The number of hydrogen-bond acceptors (Lipinski definition) is 3. The Morgan fingerprint density at radius 2 is 2.33 bits per heavy atom. The van der Waals surface area contributed by atoms with Crippen molar-refractivity contribution in [3.05, 3.63) is 11.8 Å². The van der Waals surface area contributed by atoms with Gasteiger partial charge in [-0.1, -0.05) is 6.08 Å². The van der Waals surface area contributed by atoms with Crippen molar-refractivity contribution in [2.45, 2.75) is 30.6 Å². The first-order chi connectivity index (χ1) is 5.55. The van der Waals surface area contributed by atoms with Crippen LogP contribution in [0, 0.1) is 0 Å². The van der Waals surface area contributed by atoms with Crippen LogP contribution in [0.2, 0.25) is 0 Å². The molecular weight excluding hydrogens is 176 g/mol. The summed E-state index contributed by atoms with van der Waals surface area (Å²) in [6.45, 7) is 0. The molecule has 0 amide bonds. The van der Waals surface area contributed by atoms with E-state index in [0.29, 0.717) is 18.9 Å². The summed E-state index contributed by atoms with van der Waals surface area (Å²) in [5.41, 5.74) is 1.05. The Morgan fingerprint density at radius 1 is 1.58 bits per heavy atom. The van der Waals surface area contributed by atoms with Gasteiger partial charge in [-0.15, -0.1) is 0 Å². The van der Waals surface area contributed by atoms with Gasteiger partial charge in [0.05, 0.1) is 5.25 Å². The molecule has 1 saturated heterocycles. The van der Waals surface area contributed by atoms with E-state index in [1.807, 2.05) is 0 Å². The lowest BCUT2D eigenvalue weighted by Crippen LogP contribution is -2.40. The van der Waals surface area contributed by atoms with Gasteiger partial charge in [0, 0.05) is 18.2 Å². The molecule has 3 N–H and O–H groups in total. The first kappa shape index (κ1) is 8.07. The predicted octanol–water partition coefficient (Wildman–Crippen LogP) is -0.317. The van der Waals surface area contributed by atoms with E-state index in [0.717, 1.165) is 12.1 Å². The molecule has 4 nitrogen and oxygen atoms in total. The molecule has 2 heterocycles. The van der Waals surface area contributed by atoms with E-state index in [1.165, 1.54) is 0 Å². The maximum Gasteiger partial charge on any atom is 0.212 e. The van der Waals surface area contributed by atoms with Crippen molar-refractivity contribution in [1.29, 1.82) is 0 Å². The van der Waals surface area contributed by atoms with E-state index < -0.39 is 10.0 Å². The van der Waals surface area contributed by atoms with Gasteiger partial charge in [-0.25, -0.2) is 13.6 Å². The molecule has 68 valence electrons. The predicted molar refractivity (Wildman–Crippen MR) is 45.8 cm³/mol. The highest BCUT2D eigenvalue weighted by molar-refractivity contribution is 7.89. The van der Waals surface area contributed by atoms with Crippen LogP contribution in [-0.2, 0) is 10.0 Å². The number of sulfonamides is 1. The Morgan fingerprint density at radius 3 is 2.92 bits per heavy atom. The summed E-state index contributed by atoms with van der Waals surface area (Å²) in [5.74, 6) is 0. The van der Waals surface area contributed by atoms with E-state index >= 15 is 0 Å². The van der Waals surface area contributed by atoms with Crippen LogP contribution in [0.25, 0.3) is 0 Å². The second-order valence-corrected chi connectivity index (χ2v) is 5.30. The van der Waals surface area contributed by atoms with Crippen molar-refractivity contribution in [3.8, 4) is 0 Å². The summed E-state index contributed by atoms with van der Waals surface area (Å²) in [6, 6.07) is 0.303. The first-order valence-electron chi connectivity index (χ1n) is 4.03. The number of fused-ring (bicyclic) bond motifs is 2. The molecule has 2 bridgehead atoms. The van der Waals surface area contributed by atoms with Crippen LogP contribution in [0.3, 0.4) is 0 Å². The Hall–Kier alpha value is -0.550. The molecule has 0 aromatic heterocycles. The molecule has 2 rings (SSSR count). The van der Waals surface area contributed by atoms with E-state index in [4.69, 9.17) is 5.14 Å². The zero-order valence-corrected chi connectivity index (χ0v) is 7.47. The van der Waals surface area contributed by atoms with E-state index in [2.05, 4.69) is 11.4 Å². The Labute approximate surface area is 71.9 Å². The lowest BCUT2D eigenvalue weighted by Gasteiger charge is -2.26. The smallest absolute Gasteiger partial charge is 0.212 e. The van der Waals surface area contributed by atoms with Crippen LogP contribution in [-0.4, -0.2) is 19.7 Å². The van der Waals surface area contributed by atoms with Crippen molar-refractivity contribution in [1.82, 2.24) is 5.32 Å². The maximum absolute atomic E-state index is 11.0. The lowest BCUT2D eigenvalue weighted by molar-refractivity contribution is 0.474. The van der Waals surface area contributed by atoms with Gasteiger partial charge in [-0.05, 0) is 12.8 Å². The van der Waals surface area contributed by atoms with Gasteiger partial charge in [0.25, 0.3) is 0 Å². The number of rotatable bonds is 1. The van der Waals surface area contributed by atoms with Crippen LogP contribution >= 0.6 is 0 Å². The van der Waals surface area contributed by atoms with Gasteiger partial charge in [-0.2, -0.15) is 0 Å². The largest absolute Gasteiger partial charge is 0.385 e. The highest BCUT2D eigenvalue weighted by Gasteiger charge is 2.33. The van der Waals surface area contributed by atoms with Gasteiger partial charge < -0.3 is 5.32 Å². The molecule has 0 spiro atoms. The zero-order chi connectivity index (χ0) is 8.77. The molecule has 0 aromatic carbocycles. The molecule has 5 heteroatoms. The fourth-order valence-electron chi connectivity index (χ4n) is 1.86. The van der Waals surface area contributed by atoms with Crippen LogP contribution in [0.4, 0.5) is 0 Å². The second-order valence-electron chi connectivity index (χ2n) is 3.46. The number of nitrogens with one attached hydrogen (secondary N) is 1. The van der Waals surface area contributed by atoms with Gasteiger partial charge in [0.1, 0.15) is 0 Å². The minimum Gasteiger partial charge on any atom is -0.385 e. The minimum absolute atomic E-state index is 0.303. The topological polar surface area (TPSA) is 72.2 Å². The first-order valence-corrected chi connectivity index (χ1v) is 5.64. The molecule has 0 radical (unpaired) electrons. The van der Waals surface area contributed by atoms with Gasteiger partial charge >= 0.3 is 0 Å².